The average Bonchev–Trinajstić information content (AvgIpc) is 2.82. The Kier molecular flexibility index (Phi) is 3.02. The second-order valence-electron chi connectivity index (χ2n) is 4.38. The van der Waals surface area contributed by atoms with Gasteiger partial charge in [0.1, 0.15) is 11.3 Å². The first-order valence-electron chi connectivity index (χ1n) is 5.94. The number of hydrogen-bond acceptors (Lipinski definition) is 6. The van der Waals surface area contributed by atoms with Crippen molar-refractivity contribution >= 4 is 26.8 Å². The van der Waals surface area contributed by atoms with E-state index in [1.807, 2.05) is 0 Å². The fourth-order valence-corrected chi connectivity index (χ4v) is 2.85. The molecule has 8 heteroatoms. The van der Waals surface area contributed by atoms with Crippen LogP contribution < -0.4 is 10.3 Å². The van der Waals surface area contributed by atoms with Crippen LogP contribution in [0.15, 0.2) is 55.0 Å². The molecule has 0 bridgehead atoms. The molecule has 0 fully saturated rings. The Hall–Kier alpha value is -2.61. The van der Waals surface area contributed by atoms with Gasteiger partial charge in [0.25, 0.3) is 10.0 Å². The van der Waals surface area contributed by atoms with E-state index in [-0.39, 0.29) is 10.7 Å². The lowest BCUT2D eigenvalue weighted by Crippen LogP contribution is -2.13. The number of fused-ring (bicyclic) bond motifs is 1. The standard InChI is InChI=1S/C13H10N2O5S/c1-8-6-12(14-20-8)15-21(17,18)10-3-4-11-9(7-10)2-5-13(16)19-11/h2-7H,1H3,(H,14,15). The minimum atomic E-state index is -3.79. The largest absolute Gasteiger partial charge is 0.423 e. The van der Waals surface area contributed by atoms with Crippen LogP contribution in [0.5, 0.6) is 0 Å². The Morgan fingerprint density at radius 1 is 1.14 bits per heavy atom. The van der Waals surface area contributed by atoms with Gasteiger partial charge in [-0.25, -0.2) is 13.2 Å². The lowest BCUT2D eigenvalue weighted by atomic mass is 10.2. The molecule has 0 radical (unpaired) electrons. The van der Waals surface area contributed by atoms with Crippen LogP contribution in [-0.4, -0.2) is 13.6 Å². The average molecular weight is 306 g/mol. The van der Waals surface area contributed by atoms with E-state index in [1.54, 1.807) is 6.92 Å². The topological polar surface area (TPSA) is 102 Å². The summed E-state index contributed by atoms with van der Waals surface area (Å²) < 4.78 is 36.5. The molecule has 0 unspecified atom stereocenters. The minimum absolute atomic E-state index is 0.0319. The maximum absolute atomic E-state index is 12.2. The third-order valence-corrected chi connectivity index (χ3v) is 4.12. The molecular weight excluding hydrogens is 296 g/mol. The first-order valence-corrected chi connectivity index (χ1v) is 7.42. The lowest BCUT2D eigenvalue weighted by molar-refractivity contribution is 0.400. The zero-order valence-electron chi connectivity index (χ0n) is 10.9. The SMILES string of the molecule is Cc1cc(NS(=O)(=O)c2ccc3oc(=O)ccc3c2)no1. The van der Waals surface area contributed by atoms with Crippen LogP contribution in [0.25, 0.3) is 11.0 Å². The molecule has 2 heterocycles. The van der Waals surface area contributed by atoms with E-state index in [2.05, 4.69) is 9.88 Å². The number of benzene rings is 1. The first-order chi connectivity index (χ1) is 9.94. The summed E-state index contributed by atoms with van der Waals surface area (Å²) in [5.41, 5.74) is -0.173. The third kappa shape index (κ3) is 2.65. The summed E-state index contributed by atoms with van der Waals surface area (Å²) in [5.74, 6) is 0.597. The normalized spacial score (nSPS) is 11.7. The minimum Gasteiger partial charge on any atom is -0.423 e. The fourth-order valence-electron chi connectivity index (χ4n) is 1.83. The van der Waals surface area contributed by atoms with Crippen LogP contribution in [0, 0.1) is 6.92 Å². The quantitative estimate of drug-likeness (QED) is 0.741. The van der Waals surface area contributed by atoms with E-state index in [4.69, 9.17) is 8.94 Å². The van der Waals surface area contributed by atoms with Crippen LogP contribution in [0.4, 0.5) is 5.82 Å². The third-order valence-electron chi connectivity index (χ3n) is 2.77. The molecule has 3 rings (SSSR count). The predicted molar refractivity (Wildman–Crippen MR) is 74.5 cm³/mol. The Balaban J connectivity index is 2.02. The van der Waals surface area contributed by atoms with Crippen LogP contribution in [0.3, 0.4) is 0 Å². The molecule has 3 aromatic rings. The van der Waals surface area contributed by atoms with Gasteiger partial charge in [-0.2, -0.15) is 0 Å². The summed E-state index contributed by atoms with van der Waals surface area (Å²) in [4.78, 5) is 11.1. The number of nitrogens with zero attached hydrogens (tertiary/aromatic N) is 1. The smallest absolute Gasteiger partial charge is 0.336 e. The first kappa shape index (κ1) is 13.4. The summed E-state index contributed by atoms with van der Waals surface area (Å²) in [7, 11) is -3.79. The van der Waals surface area contributed by atoms with Crippen molar-refractivity contribution in [2.24, 2.45) is 0 Å². The van der Waals surface area contributed by atoms with Crippen molar-refractivity contribution in [1.29, 1.82) is 0 Å². The summed E-state index contributed by atoms with van der Waals surface area (Å²) in [5, 5.41) is 4.08. The molecule has 1 N–H and O–H groups in total. The molecule has 0 spiro atoms. The van der Waals surface area contributed by atoms with Crippen LogP contribution in [-0.2, 0) is 10.0 Å². The molecule has 0 aliphatic rings. The highest BCUT2D eigenvalue weighted by Crippen LogP contribution is 2.20. The number of sulfonamides is 1. The molecule has 2 aromatic heterocycles. The number of hydrogen-bond donors (Lipinski definition) is 1. The molecule has 0 atom stereocenters. The summed E-state index contributed by atoms with van der Waals surface area (Å²) in [6.45, 7) is 1.66. The molecule has 0 amide bonds. The van der Waals surface area contributed by atoms with Crippen LogP contribution in [0.1, 0.15) is 5.76 Å². The van der Waals surface area contributed by atoms with E-state index in [1.165, 1.54) is 36.4 Å². The second-order valence-corrected chi connectivity index (χ2v) is 6.06. The van der Waals surface area contributed by atoms with E-state index in [0.29, 0.717) is 16.7 Å². The highest BCUT2D eigenvalue weighted by molar-refractivity contribution is 7.92. The second kappa shape index (κ2) is 4.74. The van der Waals surface area contributed by atoms with Crippen molar-refractivity contribution in [2.45, 2.75) is 11.8 Å². The summed E-state index contributed by atoms with van der Waals surface area (Å²) >= 11 is 0. The highest BCUT2D eigenvalue weighted by Gasteiger charge is 2.17. The molecule has 7 nitrogen and oxygen atoms in total. The van der Waals surface area contributed by atoms with Crippen molar-refractivity contribution in [2.75, 3.05) is 4.72 Å². The maximum Gasteiger partial charge on any atom is 0.336 e. The van der Waals surface area contributed by atoms with Gasteiger partial charge in [0.15, 0.2) is 5.82 Å². The van der Waals surface area contributed by atoms with Gasteiger partial charge >= 0.3 is 5.63 Å². The van der Waals surface area contributed by atoms with E-state index in [9.17, 15) is 13.2 Å². The number of rotatable bonds is 3. The number of nitrogens with one attached hydrogen (secondary N) is 1. The van der Waals surface area contributed by atoms with Gasteiger partial charge in [-0.3, -0.25) is 4.72 Å². The number of aryl methyl sites for hydroxylation is 1. The maximum atomic E-state index is 12.2. The van der Waals surface area contributed by atoms with Crippen molar-refractivity contribution < 1.29 is 17.4 Å². The highest BCUT2D eigenvalue weighted by atomic mass is 32.2. The Morgan fingerprint density at radius 2 is 1.95 bits per heavy atom. The van der Waals surface area contributed by atoms with Crippen LogP contribution in [0.2, 0.25) is 0 Å². The number of anilines is 1. The Morgan fingerprint density at radius 3 is 2.67 bits per heavy atom. The Labute approximate surface area is 119 Å². The van der Waals surface area contributed by atoms with Gasteiger partial charge in [-0.05, 0) is 31.2 Å². The fraction of sp³-hybridized carbons (Fsp3) is 0.0769. The summed E-state index contributed by atoms with van der Waals surface area (Å²) in [6, 6.07) is 8.39. The lowest BCUT2D eigenvalue weighted by Gasteiger charge is -2.05. The molecule has 1 aromatic carbocycles. The zero-order valence-corrected chi connectivity index (χ0v) is 11.7. The molecule has 21 heavy (non-hydrogen) atoms. The Bertz CT molecular complexity index is 971. The molecule has 0 aliphatic heterocycles. The molecule has 108 valence electrons. The molecule has 0 saturated heterocycles. The molecule has 0 saturated carbocycles. The predicted octanol–water partition coefficient (Wildman–Crippen LogP) is 1.89. The van der Waals surface area contributed by atoms with Gasteiger partial charge in [0.2, 0.25) is 0 Å². The molecular formula is C13H10N2O5S. The van der Waals surface area contributed by atoms with Gasteiger partial charge in [0.05, 0.1) is 4.90 Å². The van der Waals surface area contributed by atoms with Crippen molar-refractivity contribution in [3.8, 4) is 0 Å². The van der Waals surface area contributed by atoms with E-state index >= 15 is 0 Å². The summed E-state index contributed by atoms with van der Waals surface area (Å²) in [6.07, 6.45) is 0. The zero-order chi connectivity index (χ0) is 15.0. The van der Waals surface area contributed by atoms with E-state index < -0.39 is 15.6 Å². The van der Waals surface area contributed by atoms with Crippen molar-refractivity contribution in [3.63, 3.8) is 0 Å². The van der Waals surface area contributed by atoms with Crippen LogP contribution >= 0.6 is 0 Å². The van der Waals surface area contributed by atoms with E-state index in [0.717, 1.165) is 0 Å². The number of aromatic nitrogens is 1. The van der Waals surface area contributed by atoms with Gasteiger partial charge in [-0.15, -0.1) is 0 Å². The van der Waals surface area contributed by atoms with Crippen molar-refractivity contribution in [3.05, 3.63) is 52.6 Å². The van der Waals surface area contributed by atoms with Gasteiger partial charge in [0, 0.05) is 17.5 Å². The van der Waals surface area contributed by atoms with Gasteiger partial charge < -0.3 is 8.94 Å². The molecule has 0 aliphatic carbocycles. The monoisotopic (exact) mass is 306 g/mol. The van der Waals surface area contributed by atoms with Crippen molar-refractivity contribution in [1.82, 2.24) is 5.16 Å². The van der Waals surface area contributed by atoms with Gasteiger partial charge in [-0.1, -0.05) is 5.16 Å².